The van der Waals surface area contributed by atoms with Gasteiger partial charge in [-0.25, -0.2) is 0 Å². The molecular formula is C15H17F3N4O2. The number of carbonyl (C=O) groups excluding carboxylic acids is 1. The Labute approximate surface area is 136 Å². The van der Waals surface area contributed by atoms with Crippen LogP contribution in [0, 0.1) is 0 Å². The largest absolute Gasteiger partial charge is 0.411 e. The highest BCUT2D eigenvalue weighted by Gasteiger charge is 2.30. The van der Waals surface area contributed by atoms with E-state index in [0.717, 1.165) is 24.3 Å². The molecule has 0 aromatic carbocycles. The van der Waals surface area contributed by atoms with Crippen molar-refractivity contribution in [3.63, 3.8) is 0 Å². The molecule has 2 aromatic heterocycles. The van der Waals surface area contributed by atoms with Crippen molar-refractivity contribution in [1.82, 2.24) is 19.5 Å². The van der Waals surface area contributed by atoms with Crippen LogP contribution in [0.4, 0.5) is 13.2 Å². The van der Waals surface area contributed by atoms with Crippen LogP contribution >= 0.6 is 0 Å². The van der Waals surface area contributed by atoms with Gasteiger partial charge in [0.2, 0.25) is 5.91 Å². The second-order valence-corrected chi connectivity index (χ2v) is 5.77. The monoisotopic (exact) mass is 342 g/mol. The number of rotatable bonds is 4. The molecule has 1 aliphatic heterocycles. The molecule has 2 aromatic rings. The van der Waals surface area contributed by atoms with Crippen molar-refractivity contribution in [2.45, 2.75) is 24.9 Å². The standard InChI is InChI=1S/C15H17F3N4O2/c16-15(17,18)10-24-9-13(23)21-6-3-4-11(8-21)14-20-19-12-5-1-2-7-22(12)14/h1-2,5,7,11H,3-4,6,8-10H2/t11-/m1/s1. The Morgan fingerprint density at radius 2 is 2.17 bits per heavy atom. The van der Waals surface area contributed by atoms with Gasteiger partial charge in [0.05, 0.1) is 0 Å². The number of hydrogen-bond acceptors (Lipinski definition) is 4. The highest BCUT2D eigenvalue weighted by atomic mass is 19.4. The lowest BCUT2D eigenvalue weighted by Crippen LogP contribution is -2.41. The fourth-order valence-corrected chi connectivity index (χ4v) is 2.90. The third-order valence-corrected chi connectivity index (χ3v) is 3.97. The molecule has 9 heteroatoms. The number of halogens is 3. The molecule has 3 rings (SSSR count). The molecule has 0 unspecified atom stereocenters. The predicted octanol–water partition coefficient (Wildman–Crippen LogP) is 2.01. The first-order valence-electron chi connectivity index (χ1n) is 7.66. The van der Waals surface area contributed by atoms with Gasteiger partial charge in [-0.05, 0) is 25.0 Å². The van der Waals surface area contributed by atoms with Crippen LogP contribution in [0.3, 0.4) is 0 Å². The summed E-state index contributed by atoms with van der Waals surface area (Å²) in [5, 5.41) is 8.30. The SMILES string of the molecule is O=C(COCC(F)(F)F)N1CCC[C@@H](c2nnc3ccccn23)C1. The molecule has 3 heterocycles. The zero-order chi connectivity index (χ0) is 17.2. The van der Waals surface area contributed by atoms with Gasteiger partial charge < -0.3 is 9.64 Å². The van der Waals surface area contributed by atoms with Gasteiger partial charge in [-0.1, -0.05) is 6.07 Å². The summed E-state index contributed by atoms with van der Waals surface area (Å²) in [5.41, 5.74) is 0.726. The van der Waals surface area contributed by atoms with Crippen molar-refractivity contribution in [1.29, 1.82) is 0 Å². The van der Waals surface area contributed by atoms with Crippen molar-refractivity contribution in [3.05, 3.63) is 30.2 Å². The van der Waals surface area contributed by atoms with Gasteiger partial charge in [0.1, 0.15) is 19.0 Å². The zero-order valence-corrected chi connectivity index (χ0v) is 12.9. The topological polar surface area (TPSA) is 59.7 Å². The van der Waals surface area contributed by atoms with Crippen LogP contribution in [-0.2, 0) is 9.53 Å². The molecule has 0 aliphatic carbocycles. The summed E-state index contributed by atoms with van der Waals surface area (Å²) in [5.74, 6) is 0.333. The summed E-state index contributed by atoms with van der Waals surface area (Å²) in [4.78, 5) is 13.6. The van der Waals surface area contributed by atoms with Crippen LogP contribution in [0.25, 0.3) is 5.65 Å². The van der Waals surface area contributed by atoms with Crippen LogP contribution < -0.4 is 0 Å². The highest BCUT2D eigenvalue weighted by Crippen LogP contribution is 2.26. The van der Waals surface area contributed by atoms with E-state index in [-0.39, 0.29) is 5.92 Å². The number of pyridine rings is 1. The number of alkyl halides is 3. The van der Waals surface area contributed by atoms with E-state index in [1.165, 1.54) is 4.90 Å². The molecule has 1 amide bonds. The molecule has 0 radical (unpaired) electrons. The number of nitrogens with zero attached hydrogens (tertiary/aromatic N) is 4. The highest BCUT2D eigenvalue weighted by molar-refractivity contribution is 5.77. The number of likely N-dealkylation sites (tertiary alicyclic amines) is 1. The Morgan fingerprint density at radius 1 is 1.33 bits per heavy atom. The second-order valence-electron chi connectivity index (χ2n) is 5.77. The molecule has 0 spiro atoms. The first kappa shape index (κ1) is 16.7. The number of piperidine rings is 1. The van der Waals surface area contributed by atoms with Crippen molar-refractivity contribution < 1.29 is 22.7 Å². The Morgan fingerprint density at radius 3 is 2.96 bits per heavy atom. The lowest BCUT2D eigenvalue weighted by atomic mass is 9.97. The summed E-state index contributed by atoms with van der Waals surface area (Å²) in [6, 6.07) is 5.58. The molecular weight excluding hydrogens is 325 g/mol. The lowest BCUT2D eigenvalue weighted by molar-refractivity contribution is -0.178. The van der Waals surface area contributed by atoms with Gasteiger partial charge in [0.15, 0.2) is 5.65 Å². The van der Waals surface area contributed by atoms with E-state index in [0.29, 0.717) is 13.1 Å². The minimum absolute atomic E-state index is 0.00251. The van der Waals surface area contributed by atoms with E-state index in [1.807, 2.05) is 28.8 Å². The van der Waals surface area contributed by atoms with Gasteiger partial charge in [0, 0.05) is 25.2 Å². The van der Waals surface area contributed by atoms with Crippen molar-refractivity contribution >= 4 is 11.6 Å². The lowest BCUT2D eigenvalue weighted by Gasteiger charge is -2.32. The Balaban J connectivity index is 1.63. The summed E-state index contributed by atoms with van der Waals surface area (Å²) in [6.45, 7) is -1.05. The number of ether oxygens (including phenoxy) is 1. The predicted molar refractivity (Wildman–Crippen MR) is 78.4 cm³/mol. The fraction of sp³-hybridized carbons (Fsp3) is 0.533. The van der Waals surface area contributed by atoms with Gasteiger partial charge in [-0.2, -0.15) is 13.2 Å². The molecule has 0 saturated carbocycles. The first-order valence-corrected chi connectivity index (χ1v) is 7.66. The summed E-state index contributed by atoms with van der Waals surface area (Å²) in [7, 11) is 0. The van der Waals surface area contributed by atoms with Gasteiger partial charge in [-0.3, -0.25) is 9.20 Å². The molecule has 24 heavy (non-hydrogen) atoms. The molecule has 0 N–H and O–H groups in total. The van der Waals surface area contributed by atoms with E-state index >= 15 is 0 Å². The normalized spacial score (nSPS) is 19.0. The fourth-order valence-electron chi connectivity index (χ4n) is 2.90. The molecule has 130 valence electrons. The summed E-state index contributed by atoms with van der Waals surface area (Å²) < 4.78 is 42.6. The van der Waals surface area contributed by atoms with Crippen LogP contribution in [0.5, 0.6) is 0 Å². The maximum Gasteiger partial charge on any atom is 0.411 e. The Kier molecular flexibility index (Phi) is 4.70. The van der Waals surface area contributed by atoms with Crippen molar-refractivity contribution in [2.75, 3.05) is 26.3 Å². The van der Waals surface area contributed by atoms with Crippen molar-refractivity contribution in [3.8, 4) is 0 Å². The van der Waals surface area contributed by atoms with Crippen molar-refractivity contribution in [2.24, 2.45) is 0 Å². The van der Waals surface area contributed by atoms with E-state index in [4.69, 9.17) is 0 Å². The van der Waals surface area contributed by atoms with Gasteiger partial charge in [0.25, 0.3) is 0 Å². The molecule has 0 bridgehead atoms. The van der Waals surface area contributed by atoms with E-state index in [9.17, 15) is 18.0 Å². The number of amides is 1. The molecule has 1 aliphatic rings. The van der Waals surface area contributed by atoms with Crippen LogP contribution in [0.15, 0.2) is 24.4 Å². The number of aromatic nitrogens is 3. The number of fused-ring (bicyclic) bond motifs is 1. The van der Waals surface area contributed by atoms with Crippen LogP contribution in [0.2, 0.25) is 0 Å². The zero-order valence-electron chi connectivity index (χ0n) is 12.9. The minimum Gasteiger partial charge on any atom is -0.362 e. The number of carbonyl (C=O) groups is 1. The molecule has 1 fully saturated rings. The van der Waals surface area contributed by atoms with Gasteiger partial charge in [-0.15, -0.1) is 10.2 Å². The number of hydrogen-bond donors (Lipinski definition) is 0. The minimum atomic E-state index is -4.43. The maximum atomic E-state index is 12.1. The average Bonchev–Trinajstić information content (AvgIpc) is 2.98. The second kappa shape index (κ2) is 6.76. The Bertz CT molecular complexity index is 716. The van der Waals surface area contributed by atoms with E-state index in [2.05, 4.69) is 14.9 Å². The Hall–Kier alpha value is -2.16. The molecule has 6 nitrogen and oxygen atoms in total. The first-order chi connectivity index (χ1) is 11.4. The average molecular weight is 342 g/mol. The van der Waals surface area contributed by atoms with Gasteiger partial charge >= 0.3 is 6.18 Å². The third-order valence-electron chi connectivity index (χ3n) is 3.97. The quantitative estimate of drug-likeness (QED) is 0.853. The summed E-state index contributed by atoms with van der Waals surface area (Å²) >= 11 is 0. The van der Waals surface area contributed by atoms with E-state index < -0.39 is 25.3 Å². The third kappa shape index (κ3) is 3.84. The van der Waals surface area contributed by atoms with E-state index in [1.54, 1.807) is 0 Å². The summed E-state index contributed by atoms with van der Waals surface area (Å²) in [6.07, 6.45) is -0.955. The molecule has 1 saturated heterocycles. The smallest absolute Gasteiger partial charge is 0.362 e. The van der Waals surface area contributed by atoms with Crippen LogP contribution in [-0.4, -0.2) is 57.9 Å². The maximum absolute atomic E-state index is 12.1. The van der Waals surface area contributed by atoms with Crippen LogP contribution in [0.1, 0.15) is 24.6 Å². The molecule has 1 atom stereocenters.